The van der Waals surface area contributed by atoms with Crippen molar-refractivity contribution in [2.45, 2.75) is 24.9 Å². The average molecular weight is 392 g/mol. The molecule has 1 saturated carbocycles. The first-order valence-electron chi connectivity index (χ1n) is 10.3. The summed E-state index contributed by atoms with van der Waals surface area (Å²) in [5.74, 6) is 6.35. The van der Waals surface area contributed by atoms with E-state index in [1.807, 2.05) is 54.6 Å². The van der Waals surface area contributed by atoms with Crippen molar-refractivity contribution in [1.82, 2.24) is 0 Å². The number of hydrogen-bond acceptors (Lipinski definition) is 2. The molecule has 0 amide bonds. The van der Waals surface area contributed by atoms with Crippen LogP contribution in [-0.4, -0.2) is 12.1 Å². The molecule has 4 rings (SSSR count). The largest absolute Gasteiger partial charge is 0.453 e. The van der Waals surface area contributed by atoms with Gasteiger partial charge in [-0.25, -0.2) is 4.79 Å². The van der Waals surface area contributed by atoms with Crippen molar-refractivity contribution in [3.8, 4) is 11.8 Å². The van der Waals surface area contributed by atoms with Gasteiger partial charge in [0.05, 0.1) is 5.56 Å². The molecule has 1 aliphatic rings. The number of carbonyl (C=O) groups is 1. The molecule has 0 aliphatic heterocycles. The maximum absolute atomic E-state index is 13.1. The standard InChI is InChI=1S/C28H24O2/c1-2-26(27(23-12-5-3-6-13-23)24-14-7-4-8-15-24)30-28(29)25-16-10-9-11-22(25)20-19-21-17-18-21/h2-16,21,26-27H,1,17-18H2. The molecule has 3 aromatic rings. The van der Waals surface area contributed by atoms with E-state index in [2.05, 4.69) is 42.7 Å². The van der Waals surface area contributed by atoms with Crippen molar-refractivity contribution in [2.24, 2.45) is 5.92 Å². The van der Waals surface area contributed by atoms with E-state index >= 15 is 0 Å². The van der Waals surface area contributed by atoms with Crippen LogP contribution in [0.25, 0.3) is 0 Å². The lowest BCUT2D eigenvalue weighted by molar-refractivity contribution is 0.0367. The highest BCUT2D eigenvalue weighted by atomic mass is 16.5. The molecule has 0 N–H and O–H groups in total. The van der Waals surface area contributed by atoms with E-state index in [0.29, 0.717) is 17.0 Å². The molecule has 2 nitrogen and oxygen atoms in total. The molecule has 148 valence electrons. The molecule has 1 atom stereocenters. The van der Waals surface area contributed by atoms with Crippen molar-refractivity contribution < 1.29 is 9.53 Å². The monoisotopic (exact) mass is 392 g/mol. The van der Waals surface area contributed by atoms with E-state index in [0.717, 1.165) is 24.0 Å². The van der Waals surface area contributed by atoms with Gasteiger partial charge in [0, 0.05) is 17.4 Å². The highest BCUT2D eigenvalue weighted by molar-refractivity contribution is 5.92. The normalized spacial score (nSPS) is 13.8. The summed E-state index contributed by atoms with van der Waals surface area (Å²) in [7, 11) is 0. The topological polar surface area (TPSA) is 26.3 Å². The van der Waals surface area contributed by atoms with Crippen LogP contribution in [0.4, 0.5) is 0 Å². The Labute approximate surface area is 178 Å². The lowest BCUT2D eigenvalue weighted by atomic mass is 9.86. The van der Waals surface area contributed by atoms with Crippen LogP contribution in [0.2, 0.25) is 0 Å². The number of hydrogen-bond donors (Lipinski definition) is 0. The average Bonchev–Trinajstić information content (AvgIpc) is 3.63. The lowest BCUT2D eigenvalue weighted by Crippen LogP contribution is -2.25. The summed E-state index contributed by atoms with van der Waals surface area (Å²) in [6.45, 7) is 3.96. The van der Waals surface area contributed by atoms with Gasteiger partial charge < -0.3 is 4.74 Å². The third-order valence-electron chi connectivity index (χ3n) is 5.26. The van der Waals surface area contributed by atoms with E-state index in [1.165, 1.54) is 0 Å². The van der Waals surface area contributed by atoms with Crippen LogP contribution in [0.15, 0.2) is 97.6 Å². The zero-order chi connectivity index (χ0) is 20.8. The van der Waals surface area contributed by atoms with Crippen LogP contribution in [-0.2, 0) is 4.74 Å². The molecule has 30 heavy (non-hydrogen) atoms. The Balaban J connectivity index is 1.64. The van der Waals surface area contributed by atoms with Crippen LogP contribution < -0.4 is 0 Å². The van der Waals surface area contributed by atoms with Crippen molar-refractivity contribution in [3.05, 3.63) is 120 Å². The first kappa shape index (κ1) is 19.7. The third kappa shape index (κ3) is 4.70. The first-order chi connectivity index (χ1) is 14.8. The number of rotatable bonds is 6. The lowest BCUT2D eigenvalue weighted by Gasteiger charge is -2.26. The van der Waals surface area contributed by atoms with E-state index in [4.69, 9.17) is 4.74 Å². The van der Waals surface area contributed by atoms with Crippen LogP contribution in [0.3, 0.4) is 0 Å². The molecule has 0 bridgehead atoms. The number of ether oxygens (including phenoxy) is 1. The predicted octanol–water partition coefficient (Wildman–Crippen LogP) is 5.99. The summed E-state index contributed by atoms with van der Waals surface area (Å²) in [5, 5.41) is 0. The van der Waals surface area contributed by atoms with Crippen molar-refractivity contribution in [2.75, 3.05) is 0 Å². The third-order valence-corrected chi connectivity index (χ3v) is 5.26. The van der Waals surface area contributed by atoms with Crippen LogP contribution >= 0.6 is 0 Å². The molecule has 0 spiro atoms. The minimum absolute atomic E-state index is 0.140. The molecular formula is C28H24O2. The SMILES string of the molecule is C=CC(OC(=O)c1ccccc1C#CC1CC1)C(c1ccccc1)c1ccccc1. The van der Waals surface area contributed by atoms with Gasteiger partial charge in [-0.1, -0.05) is 97.3 Å². The molecular weight excluding hydrogens is 368 g/mol. The van der Waals surface area contributed by atoms with E-state index < -0.39 is 6.10 Å². The molecule has 1 unspecified atom stereocenters. The smallest absolute Gasteiger partial charge is 0.340 e. The Hall–Kier alpha value is -3.57. The fraction of sp³-hybridized carbons (Fsp3) is 0.179. The van der Waals surface area contributed by atoms with Gasteiger partial charge in [0.25, 0.3) is 0 Å². The van der Waals surface area contributed by atoms with Gasteiger partial charge in [-0.3, -0.25) is 0 Å². The summed E-state index contributed by atoms with van der Waals surface area (Å²) >= 11 is 0. The summed E-state index contributed by atoms with van der Waals surface area (Å²) in [4.78, 5) is 13.1. The van der Waals surface area contributed by atoms with Crippen molar-refractivity contribution >= 4 is 5.97 Å². The summed E-state index contributed by atoms with van der Waals surface area (Å²) < 4.78 is 6.00. The van der Waals surface area contributed by atoms with Crippen LogP contribution in [0, 0.1) is 17.8 Å². The second-order valence-electron chi connectivity index (χ2n) is 7.49. The Morgan fingerprint density at radius 1 is 0.900 bits per heavy atom. The summed E-state index contributed by atoms with van der Waals surface area (Å²) in [6.07, 6.45) is 3.50. The second kappa shape index (κ2) is 9.29. The van der Waals surface area contributed by atoms with E-state index in [-0.39, 0.29) is 11.9 Å². The Morgan fingerprint density at radius 2 is 1.47 bits per heavy atom. The van der Waals surface area contributed by atoms with Crippen molar-refractivity contribution in [1.29, 1.82) is 0 Å². The molecule has 3 aromatic carbocycles. The molecule has 2 heteroatoms. The zero-order valence-corrected chi connectivity index (χ0v) is 16.8. The van der Waals surface area contributed by atoms with Gasteiger partial charge in [0.1, 0.15) is 6.10 Å². The molecule has 0 heterocycles. The molecule has 0 saturated heterocycles. The van der Waals surface area contributed by atoms with Gasteiger partial charge in [-0.05, 0) is 36.1 Å². The van der Waals surface area contributed by atoms with Gasteiger partial charge in [0.2, 0.25) is 0 Å². The van der Waals surface area contributed by atoms with Gasteiger partial charge in [0.15, 0.2) is 0 Å². The van der Waals surface area contributed by atoms with Crippen LogP contribution in [0.5, 0.6) is 0 Å². The van der Waals surface area contributed by atoms with Gasteiger partial charge >= 0.3 is 5.97 Å². The maximum Gasteiger partial charge on any atom is 0.340 e. The quantitative estimate of drug-likeness (QED) is 0.292. The second-order valence-corrected chi connectivity index (χ2v) is 7.49. The zero-order valence-electron chi connectivity index (χ0n) is 16.8. The molecule has 1 fully saturated rings. The fourth-order valence-electron chi connectivity index (χ4n) is 3.51. The van der Waals surface area contributed by atoms with Gasteiger partial charge in [-0.2, -0.15) is 0 Å². The van der Waals surface area contributed by atoms with Crippen LogP contribution in [0.1, 0.15) is 45.8 Å². The number of esters is 1. The van der Waals surface area contributed by atoms with E-state index in [9.17, 15) is 4.79 Å². The highest BCUT2D eigenvalue weighted by Crippen LogP contribution is 2.31. The fourth-order valence-corrected chi connectivity index (χ4v) is 3.51. The predicted molar refractivity (Wildman–Crippen MR) is 120 cm³/mol. The number of benzene rings is 3. The van der Waals surface area contributed by atoms with Gasteiger partial charge in [-0.15, -0.1) is 0 Å². The molecule has 0 radical (unpaired) electrons. The minimum Gasteiger partial charge on any atom is -0.453 e. The molecule has 1 aliphatic carbocycles. The summed E-state index contributed by atoms with van der Waals surface area (Å²) in [5.41, 5.74) is 3.36. The highest BCUT2D eigenvalue weighted by Gasteiger charge is 2.27. The Bertz CT molecular complexity index is 1030. The van der Waals surface area contributed by atoms with E-state index in [1.54, 1.807) is 12.1 Å². The number of carbonyl (C=O) groups excluding carboxylic acids is 1. The molecule has 0 aromatic heterocycles. The van der Waals surface area contributed by atoms with Crippen molar-refractivity contribution in [3.63, 3.8) is 0 Å². The minimum atomic E-state index is -0.508. The Morgan fingerprint density at radius 3 is 2.03 bits per heavy atom. The summed E-state index contributed by atoms with van der Waals surface area (Å²) in [6, 6.07) is 27.5. The first-order valence-corrected chi connectivity index (χ1v) is 10.3. The maximum atomic E-state index is 13.1. The Kier molecular flexibility index (Phi) is 6.11.